The second-order valence-electron chi connectivity index (χ2n) is 8.08. The molecular weight excluding hydrogens is 412 g/mol. The Morgan fingerprint density at radius 2 is 1.84 bits per heavy atom. The number of rotatable bonds is 5. The van der Waals surface area contributed by atoms with E-state index in [0.29, 0.717) is 11.7 Å². The van der Waals surface area contributed by atoms with Crippen LogP contribution >= 0.6 is 0 Å². The first-order valence-electron chi connectivity index (χ1n) is 10.5. The van der Waals surface area contributed by atoms with Crippen LogP contribution in [0.1, 0.15) is 45.9 Å². The SMILES string of the molecule is O=C(c1ccc(F)c(F)c1)c1ccc(CN2CCC(c3cnc4nccn4c3)CC2)cn1. The maximum atomic E-state index is 13.4. The van der Waals surface area contributed by atoms with E-state index >= 15 is 0 Å². The molecule has 4 aromatic rings. The standard InChI is InChI=1S/C24H21F2N5O/c25-20-3-2-18(11-21(20)26)23(32)22-4-1-16(12-28-22)14-30-8-5-17(6-9-30)19-13-29-24-27-7-10-31(24)15-19/h1-4,7,10-13,15,17H,5-6,8-9,14H2. The van der Waals surface area contributed by atoms with E-state index in [2.05, 4.69) is 26.0 Å². The summed E-state index contributed by atoms with van der Waals surface area (Å²) in [6.45, 7) is 2.67. The largest absolute Gasteiger partial charge is 0.299 e. The number of aromatic nitrogens is 4. The predicted octanol–water partition coefficient (Wildman–Crippen LogP) is 4.01. The van der Waals surface area contributed by atoms with Crippen LogP contribution < -0.4 is 0 Å². The van der Waals surface area contributed by atoms with Gasteiger partial charge >= 0.3 is 0 Å². The summed E-state index contributed by atoms with van der Waals surface area (Å²) in [6, 6.07) is 6.61. The van der Waals surface area contributed by atoms with Gasteiger partial charge in [-0.3, -0.25) is 19.1 Å². The van der Waals surface area contributed by atoms with Crippen molar-refractivity contribution >= 4 is 11.6 Å². The third-order valence-electron chi connectivity index (χ3n) is 5.97. The minimum absolute atomic E-state index is 0.0783. The number of piperidine rings is 1. The van der Waals surface area contributed by atoms with Crippen LogP contribution in [0, 0.1) is 11.6 Å². The summed E-state index contributed by atoms with van der Waals surface area (Å²) in [5, 5.41) is 0. The highest BCUT2D eigenvalue weighted by atomic mass is 19.2. The molecule has 0 aliphatic carbocycles. The summed E-state index contributed by atoms with van der Waals surface area (Å²) in [5.41, 5.74) is 2.53. The Labute approximate surface area is 183 Å². The monoisotopic (exact) mass is 433 g/mol. The fourth-order valence-electron chi connectivity index (χ4n) is 4.16. The molecule has 0 radical (unpaired) electrons. The van der Waals surface area contributed by atoms with Gasteiger partial charge in [0.05, 0.1) is 0 Å². The van der Waals surface area contributed by atoms with Crippen molar-refractivity contribution in [1.29, 1.82) is 0 Å². The van der Waals surface area contributed by atoms with Gasteiger partial charge in [-0.2, -0.15) is 0 Å². The fourth-order valence-corrected chi connectivity index (χ4v) is 4.16. The van der Waals surface area contributed by atoms with Crippen LogP contribution in [-0.4, -0.2) is 43.1 Å². The number of benzene rings is 1. The highest BCUT2D eigenvalue weighted by Crippen LogP contribution is 2.28. The lowest BCUT2D eigenvalue weighted by molar-refractivity contribution is 0.103. The maximum Gasteiger partial charge on any atom is 0.233 e. The molecule has 8 heteroatoms. The molecule has 1 saturated heterocycles. The van der Waals surface area contributed by atoms with E-state index in [1.165, 1.54) is 11.6 Å². The lowest BCUT2D eigenvalue weighted by Crippen LogP contribution is -2.32. The first-order valence-corrected chi connectivity index (χ1v) is 10.5. The second kappa shape index (κ2) is 8.55. The first kappa shape index (κ1) is 20.4. The van der Waals surface area contributed by atoms with Crippen molar-refractivity contribution in [2.75, 3.05) is 13.1 Å². The summed E-state index contributed by atoms with van der Waals surface area (Å²) in [5.74, 6) is -1.27. The molecular formula is C24H21F2N5O. The number of likely N-dealkylation sites (tertiary alicyclic amines) is 1. The van der Waals surface area contributed by atoms with E-state index in [4.69, 9.17) is 0 Å². The van der Waals surface area contributed by atoms with Crippen LogP contribution in [0.4, 0.5) is 8.78 Å². The highest BCUT2D eigenvalue weighted by Gasteiger charge is 2.22. The molecule has 0 unspecified atom stereocenters. The minimum Gasteiger partial charge on any atom is -0.299 e. The zero-order valence-electron chi connectivity index (χ0n) is 17.3. The maximum absolute atomic E-state index is 13.4. The van der Waals surface area contributed by atoms with Gasteiger partial charge < -0.3 is 0 Å². The van der Waals surface area contributed by atoms with Gasteiger partial charge in [0.1, 0.15) is 5.69 Å². The van der Waals surface area contributed by atoms with E-state index in [-0.39, 0.29) is 11.3 Å². The smallest absolute Gasteiger partial charge is 0.233 e. The van der Waals surface area contributed by atoms with Crippen molar-refractivity contribution in [2.24, 2.45) is 0 Å². The number of fused-ring (bicyclic) bond motifs is 1. The number of ketones is 1. The normalized spacial score (nSPS) is 15.3. The van der Waals surface area contributed by atoms with Gasteiger partial charge in [-0.15, -0.1) is 0 Å². The Balaban J connectivity index is 1.19. The van der Waals surface area contributed by atoms with Crippen LogP contribution in [-0.2, 0) is 6.54 Å². The molecule has 0 amide bonds. The molecule has 1 aliphatic rings. The van der Waals surface area contributed by atoms with E-state index in [1.54, 1.807) is 18.5 Å². The van der Waals surface area contributed by atoms with Gasteiger partial charge in [-0.25, -0.2) is 18.7 Å². The highest BCUT2D eigenvalue weighted by molar-refractivity contribution is 6.07. The van der Waals surface area contributed by atoms with Crippen molar-refractivity contribution in [1.82, 2.24) is 24.3 Å². The Bertz CT molecular complexity index is 1260. The molecule has 32 heavy (non-hydrogen) atoms. The summed E-state index contributed by atoms with van der Waals surface area (Å²) < 4.78 is 28.5. The van der Waals surface area contributed by atoms with Gasteiger partial charge in [-0.05, 0) is 67.2 Å². The van der Waals surface area contributed by atoms with Crippen molar-refractivity contribution < 1.29 is 13.6 Å². The lowest BCUT2D eigenvalue weighted by atomic mass is 9.91. The Hall–Kier alpha value is -3.52. The fraction of sp³-hybridized carbons (Fsp3) is 0.250. The Morgan fingerprint density at radius 1 is 1.00 bits per heavy atom. The van der Waals surface area contributed by atoms with Gasteiger partial charge in [0.2, 0.25) is 11.6 Å². The molecule has 0 bridgehead atoms. The number of hydrogen-bond acceptors (Lipinski definition) is 5. The van der Waals surface area contributed by atoms with Gasteiger partial charge in [-0.1, -0.05) is 6.07 Å². The number of hydrogen-bond donors (Lipinski definition) is 0. The third-order valence-corrected chi connectivity index (χ3v) is 5.97. The van der Waals surface area contributed by atoms with Crippen LogP contribution in [0.15, 0.2) is 61.3 Å². The molecule has 1 aromatic carbocycles. The number of nitrogens with zero attached hydrogens (tertiary/aromatic N) is 5. The zero-order chi connectivity index (χ0) is 22.1. The Kier molecular flexibility index (Phi) is 5.45. The molecule has 1 fully saturated rings. The molecule has 5 rings (SSSR count). The average molecular weight is 433 g/mol. The molecule has 0 atom stereocenters. The molecule has 1 aliphatic heterocycles. The number of carbonyl (C=O) groups is 1. The Morgan fingerprint density at radius 3 is 2.59 bits per heavy atom. The number of halogens is 2. The average Bonchev–Trinajstić information content (AvgIpc) is 3.29. The minimum atomic E-state index is -1.04. The summed E-state index contributed by atoms with van der Waals surface area (Å²) >= 11 is 0. The molecule has 6 nitrogen and oxygen atoms in total. The van der Waals surface area contributed by atoms with Gasteiger partial charge in [0.15, 0.2) is 11.6 Å². The molecule has 162 valence electrons. The molecule has 3 aromatic heterocycles. The quantitative estimate of drug-likeness (QED) is 0.445. The van der Waals surface area contributed by atoms with E-state index in [9.17, 15) is 13.6 Å². The van der Waals surface area contributed by atoms with Crippen LogP contribution in [0.5, 0.6) is 0 Å². The predicted molar refractivity (Wildman–Crippen MR) is 114 cm³/mol. The van der Waals surface area contributed by atoms with Crippen molar-refractivity contribution in [3.05, 3.63) is 95.3 Å². The molecule has 4 heterocycles. The van der Waals surface area contributed by atoms with Crippen LogP contribution in [0.3, 0.4) is 0 Å². The first-order chi connectivity index (χ1) is 15.6. The van der Waals surface area contributed by atoms with E-state index in [0.717, 1.165) is 50.2 Å². The van der Waals surface area contributed by atoms with Crippen LogP contribution in [0.2, 0.25) is 0 Å². The number of pyridine rings is 1. The molecule has 0 saturated carbocycles. The van der Waals surface area contributed by atoms with E-state index < -0.39 is 17.4 Å². The summed E-state index contributed by atoms with van der Waals surface area (Å²) in [6.07, 6.45) is 11.5. The van der Waals surface area contributed by atoms with Crippen molar-refractivity contribution in [2.45, 2.75) is 25.3 Å². The second-order valence-corrected chi connectivity index (χ2v) is 8.08. The van der Waals surface area contributed by atoms with Crippen LogP contribution in [0.25, 0.3) is 5.78 Å². The van der Waals surface area contributed by atoms with Gasteiger partial charge in [0, 0.05) is 43.1 Å². The third kappa shape index (κ3) is 4.13. The van der Waals surface area contributed by atoms with Gasteiger partial charge in [0.25, 0.3) is 0 Å². The zero-order valence-corrected chi connectivity index (χ0v) is 17.3. The molecule has 0 N–H and O–H groups in total. The lowest BCUT2D eigenvalue weighted by Gasteiger charge is -2.32. The summed E-state index contributed by atoms with van der Waals surface area (Å²) in [7, 11) is 0. The van der Waals surface area contributed by atoms with Crippen molar-refractivity contribution in [3.8, 4) is 0 Å². The summed E-state index contributed by atoms with van der Waals surface area (Å²) in [4.78, 5) is 27.7. The van der Waals surface area contributed by atoms with Crippen molar-refractivity contribution in [3.63, 3.8) is 0 Å². The topological polar surface area (TPSA) is 63.4 Å². The number of imidazole rings is 1. The number of carbonyl (C=O) groups excluding carboxylic acids is 1. The van der Waals surface area contributed by atoms with E-state index in [1.807, 2.05) is 22.9 Å². The molecule has 0 spiro atoms.